The van der Waals surface area contributed by atoms with Crippen molar-refractivity contribution in [2.75, 3.05) is 17.1 Å². The Morgan fingerprint density at radius 3 is 2.48 bits per heavy atom. The van der Waals surface area contributed by atoms with Crippen molar-refractivity contribution in [3.8, 4) is 0 Å². The summed E-state index contributed by atoms with van der Waals surface area (Å²) >= 11 is 0. The van der Waals surface area contributed by atoms with E-state index in [4.69, 9.17) is 0 Å². The Bertz CT molecular complexity index is 584. The number of aryl methyl sites for hydroxylation is 1. The van der Waals surface area contributed by atoms with Crippen molar-refractivity contribution < 1.29 is 13.2 Å². The van der Waals surface area contributed by atoms with E-state index in [1.807, 2.05) is 32.9 Å². The first-order chi connectivity index (χ1) is 9.75. The number of sulfonamides is 1. The van der Waals surface area contributed by atoms with Crippen LogP contribution >= 0.6 is 0 Å². The van der Waals surface area contributed by atoms with Gasteiger partial charge in [0.15, 0.2) is 0 Å². The Labute approximate surface area is 127 Å². The van der Waals surface area contributed by atoms with Crippen molar-refractivity contribution in [1.29, 1.82) is 0 Å². The summed E-state index contributed by atoms with van der Waals surface area (Å²) in [7, 11) is -3.51. The molecule has 0 aliphatic carbocycles. The number of para-hydroxylation sites is 1. The van der Waals surface area contributed by atoms with E-state index in [0.29, 0.717) is 5.69 Å². The van der Waals surface area contributed by atoms with Crippen LogP contribution in [-0.2, 0) is 14.8 Å². The van der Waals surface area contributed by atoms with Crippen molar-refractivity contribution in [3.05, 3.63) is 29.8 Å². The minimum absolute atomic E-state index is 0.0424. The number of anilines is 1. The highest BCUT2D eigenvalue weighted by atomic mass is 32.2. The van der Waals surface area contributed by atoms with E-state index in [9.17, 15) is 13.2 Å². The Kier molecular flexibility index (Phi) is 6.20. The SMILES string of the molecule is CCC[C@@H](C)NC(=O)CN(c1ccccc1C)S(C)(=O)=O. The Hall–Kier alpha value is -1.56. The third-order valence-electron chi connectivity index (χ3n) is 3.20. The number of hydrogen-bond donors (Lipinski definition) is 1. The van der Waals surface area contributed by atoms with Crippen LogP contribution in [0.15, 0.2) is 24.3 Å². The van der Waals surface area contributed by atoms with Crippen molar-refractivity contribution in [2.45, 2.75) is 39.7 Å². The summed E-state index contributed by atoms with van der Waals surface area (Å²) in [6.45, 7) is 5.58. The Balaban J connectivity index is 2.92. The molecule has 0 bridgehead atoms. The van der Waals surface area contributed by atoms with E-state index in [0.717, 1.165) is 29.0 Å². The lowest BCUT2D eigenvalue weighted by atomic mass is 10.2. The molecule has 0 radical (unpaired) electrons. The van der Waals surface area contributed by atoms with Gasteiger partial charge in [-0.1, -0.05) is 31.5 Å². The highest BCUT2D eigenvalue weighted by Crippen LogP contribution is 2.21. The maximum atomic E-state index is 12.1. The Morgan fingerprint density at radius 2 is 1.95 bits per heavy atom. The zero-order valence-corrected chi connectivity index (χ0v) is 13.9. The third-order valence-corrected chi connectivity index (χ3v) is 4.33. The van der Waals surface area contributed by atoms with E-state index in [1.165, 1.54) is 0 Å². The third kappa shape index (κ3) is 5.38. The summed E-state index contributed by atoms with van der Waals surface area (Å²) in [5, 5.41) is 2.83. The van der Waals surface area contributed by atoms with Crippen LogP contribution in [0.2, 0.25) is 0 Å². The van der Waals surface area contributed by atoms with Gasteiger partial charge in [-0.15, -0.1) is 0 Å². The first-order valence-electron chi connectivity index (χ1n) is 7.08. The molecule has 0 aliphatic heterocycles. The predicted molar refractivity (Wildman–Crippen MR) is 85.9 cm³/mol. The normalized spacial score (nSPS) is 12.8. The van der Waals surface area contributed by atoms with Crippen LogP contribution in [-0.4, -0.2) is 33.2 Å². The van der Waals surface area contributed by atoms with E-state index < -0.39 is 10.0 Å². The molecule has 0 aromatic heterocycles. The van der Waals surface area contributed by atoms with Gasteiger partial charge in [0.1, 0.15) is 6.54 Å². The lowest BCUT2D eigenvalue weighted by Crippen LogP contribution is -2.43. The molecule has 0 saturated carbocycles. The van der Waals surface area contributed by atoms with Gasteiger partial charge in [0.2, 0.25) is 15.9 Å². The zero-order valence-electron chi connectivity index (χ0n) is 13.1. The number of rotatable bonds is 7. The molecule has 1 amide bonds. The molecule has 1 N–H and O–H groups in total. The fourth-order valence-corrected chi connectivity index (χ4v) is 3.09. The molecule has 21 heavy (non-hydrogen) atoms. The maximum absolute atomic E-state index is 12.1. The van der Waals surface area contributed by atoms with Crippen LogP contribution in [0.1, 0.15) is 32.3 Å². The minimum Gasteiger partial charge on any atom is -0.352 e. The summed E-state index contributed by atoms with van der Waals surface area (Å²) < 4.78 is 25.1. The number of hydrogen-bond acceptors (Lipinski definition) is 3. The van der Waals surface area contributed by atoms with Gasteiger partial charge < -0.3 is 5.32 Å². The number of carbonyl (C=O) groups excluding carboxylic acids is 1. The molecule has 6 heteroatoms. The average Bonchev–Trinajstić information content (AvgIpc) is 2.36. The van der Waals surface area contributed by atoms with Crippen LogP contribution in [0, 0.1) is 6.92 Å². The molecule has 1 aromatic carbocycles. The number of nitrogens with zero attached hydrogens (tertiary/aromatic N) is 1. The fourth-order valence-electron chi connectivity index (χ4n) is 2.18. The summed E-state index contributed by atoms with van der Waals surface area (Å²) in [6, 6.07) is 7.17. The van der Waals surface area contributed by atoms with Crippen LogP contribution < -0.4 is 9.62 Å². The predicted octanol–water partition coefficient (Wildman–Crippen LogP) is 2.07. The molecule has 0 spiro atoms. The molecule has 0 saturated heterocycles. The zero-order chi connectivity index (χ0) is 16.0. The maximum Gasteiger partial charge on any atom is 0.240 e. The monoisotopic (exact) mass is 312 g/mol. The summed E-state index contributed by atoms with van der Waals surface area (Å²) in [5.41, 5.74) is 1.36. The second kappa shape index (κ2) is 7.45. The first-order valence-corrected chi connectivity index (χ1v) is 8.93. The van der Waals surface area contributed by atoms with Gasteiger partial charge in [-0.05, 0) is 31.9 Å². The van der Waals surface area contributed by atoms with Crippen LogP contribution in [0.5, 0.6) is 0 Å². The molecule has 5 nitrogen and oxygen atoms in total. The summed E-state index contributed by atoms with van der Waals surface area (Å²) in [6.07, 6.45) is 2.95. The Morgan fingerprint density at radius 1 is 1.33 bits per heavy atom. The van der Waals surface area contributed by atoms with Crippen LogP contribution in [0.3, 0.4) is 0 Å². The standard InChI is InChI=1S/C15H24N2O3S/c1-5-8-13(3)16-15(18)11-17(21(4,19)20)14-10-7-6-9-12(14)2/h6-7,9-10,13H,5,8,11H2,1-4H3,(H,16,18)/t13-/m1/s1. The first kappa shape index (κ1) is 17.5. The molecule has 0 fully saturated rings. The van der Waals surface area contributed by atoms with Gasteiger partial charge in [0, 0.05) is 6.04 Å². The molecular weight excluding hydrogens is 288 g/mol. The molecule has 0 aliphatic rings. The van der Waals surface area contributed by atoms with Crippen molar-refractivity contribution >= 4 is 21.6 Å². The molecular formula is C15H24N2O3S. The van der Waals surface area contributed by atoms with Crippen LogP contribution in [0.25, 0.3) is 0 Å². The second-order valence-electron chi connectivity index (χ2n) is 5.31. The lowest BCUT2D eigenvalue weighted by Gasteiger charge is -2.24. The topological polar surface area (TPSA) is 66.5 Å². The van der Waals surface area contributed by atoms with Gasteiger partial charge >= 0.3 is 0 Å². The summed E-state index contributed by atoms with van der Waals surface area (Å²) in [4.78, 5) is 12.1. The van der Waals surface area contributed by atoms with Gasteiger partial charge in [-0.3, -0.25) is 9.10 Å². The van der Waals surface area contributed by atoms with E-state index in [1.54, 1.807) is 12.1 Å². The summed E-state index contributed by atoms with van der Waals surface area (Å²) in [5.74, 6) is -0.287. The minimum atomic E-state index is -3.51. The number of benzene rings is 1. The molecule has 1 aromatic rings. The lowest BCUT2D eigenvalue weighted by molar-refractivity contribution is -0.120. The average molecular weight is 312 g/mol. The fraction of sp³-hybridized carbons (Fsp3) is 0.533. The largest absolute Gasteiger partial charge is 0.352 e. The van der Waals surface area contributed by atoms with E-state index >= 15 is 0 Å². The molecule has 1 atom stereocenters. The second-order valence-corrected chi connectivity index (χ2v) is 7.22. The van der Waals surface area contributed by atoms with Crippen LogP contribution in [0.4, 0.5) is 5.69 Å². The molecule has 0 heterocycles. The molecule has 118 valence electrons. The van der Waals surface area contributed by atoms with Gasteiger partial charge in [0.25, 0.3) is 0 Å². The van der Waals surface area contributed by atoms with E-state index in [2.05, 4.69) is 5.32 Å². The molecule has 0 unspecified atom stereocenters. The van der Waals surface area contributed by atoms with Gasteiger partial charge in [-0.25, -0.2) is 8.42 Å². The number of amides is 1. The number of nitrogens with one attached hydrogen (secondary N) is 1. The highest BCUT2D eigenvalue weighted by Gasteiger charge is 2.22. The van der Waals surface area contributed by atoms with Crippen molar-refractivity contribution in [3.63, 3.8) is 0 Å². The number of carbonyl (C=O) groups is 1. The molecule has 1 rings (SSSR count). The van der Waals surface area contributed by atoms with Crippen molar-refractivity contribution in [2.24, 2.45) is 0 Å². The van der Waals surface area contributed by atoms with Gasteiger partial charge in [-0.2, -0.15) is 0 Å². The van der Waals surface area contributed by atoms with E-state index in [-0.39, 0.29) is 18.5 Å². The quantitative estimate of drug-likeness (QED) is 0.838. The highest BCUT2D eigenvalue weighted by molar-refractivity contribution is 7.92. The van der Waals surface area contributed by atoms with Crippen molar-refractivity contribution in [1.82, 2.24) is 5.32 Å². The smallest absolute Gasteiger partial charge is 0.240 e. The van der Waals surface area contributed by atoms with Gasteiger partial charge in [0.05, 0.1) is 11.9 Å².